The molecule has 118 valence electrons. The van der Waals surface area contributed by atoms with E-state index in [-0.39, 0.29) is 11.5 Å². The van der Waals surface area contributed by atoms with Crippen molar-refractivity contribution in [2.24, 2.45) is 17.3 Å². The van der Waals surface area contributed by atoms with Crippen molar-refractivity contribution in [3.63, 3.8) is 0 Å². The molecule has 0 aromatic carbocycles. The number of nitrogens with one attached hydrogen (secondary N) is 1. The first kappa shape index (κ1) is 14.2. The quantitative estimate of drug-likeness (QED) is 0.845. The fourth-order valence-corrected chi connectivity index (χ4v) is 4.87. The number of carbonyl (C=O) groups is 1. The van der Waals surface area contributed by atoms with Gasteiger partial charge in [0, 0.05) is 31.7 Å². The van der Waals surface area contributed by atoms with Crippen molar-refractivity contribution in [1.29, 1.82) is 0 Å². The van der Waals surface area contributed by atoms with Gasteiger partial charge in [0.15, 0.2) is 0 Å². The van der Waals surface area contributed by atoms with Crippen LogP contribution in [0.25, 0.3) is 0 Å². The maximum atomic E-state index is 13.0. The number of rotatable bonds is 2. The van der Waals surface area contributed by atoms with Crippen LogP contribution in [0.5, 0.6) is 0 Å². The topological polar surface area (TPSA) is 47.6 Å². The second kappa shape index (κ2) is 5.32. The van der Waals surface area contributed by atoms with E-state index in [1.54, 1.807) is 0 Å². The molecule has 4 fully saturated rings. The summed E-state index contributed by atoms with van der Waals surface area (Å²) in [5, 5.41) is 3.42. The van der Waals surface area contributed by atoms with Gasteiger partial charge in [0.1, 0.15) is 5.78 Å². The molecular formula is C17H27NO3. The number of ketones is 1. The Morgan fingerprint density at radius 3 is 2.52 bits per heavy atom. The molecule has 3 saturated heterocycles. The minimum absolute atomic E-state index is 0.0486. The van der Waals surface area contributed by atoms with E-state index in [9.17, 15) is 4.79 Å². The van der Waals surface area contributed by atoms with Crippen molar-refractivity contribution in [3.05, 3.63) is 0 Å². The Balaban J connectivity index is 1.40. The lowest BCUT2D eigenvalue weighted by molar-refractivity contribution is -0.158. The number of Topliss-reactive ketones (excluding diaryl/α,β-unsaturated/α-hetero) is 1. The van der Waals surface area contributed by atoms with Crippen LogP contribution in [-0.4, -0.2) is 44.3 Å². The Hall–Kier alpha value is -0.450. The number of carbonyl (C=O) groups excluding carboxylic acids is 1. The SMILES string of the molecule is O=C(C1CCOC2(CCOCC2)C1)C1CC12CCNCC2. The molecule has 2 unspecified atom stereocenters. The summed E-state index contributed by atoms with van der Waals surface area (Å²) in [5.41, 5.74) is 0.330. The summed E-state index contributed by atoms with van der Waals surface area (Å²) in [6.07, 6.45) is 7.37. The summed E-state index contributed by atoms with van der Waals surface area (Å²) < 4.78 is 11.6. The molecule has 0 radical (unpaired) electrons. The number of piperidine rings is 1. The maximum Gasteiger partial charge on any atom is 0.139 e. The van der Waals surface area contributed by atoms with Gasteiger partial charge in [0.05, 0.1) is 5.60 Å². The van der Waals surface area contributed by atoms with Crippen molar-refractivity contribution in [2.45, 2.75) is 50.5 Å². The minimum atomic E-state index is -0.0486. The maximum absolute atomic E-state index is 13.0. The van der Waals surface area contributed by atoms with Gasteiger partial charge >= 0.3 is 0 Å². The van der Waals surface area contributed by atoms with Gasteiger partial charge in [0.2, 0.25) is 0 Å². The Labute approximate surface area is 126 Å². The van der Waals surface area contributed by atoms with Crippen LogP contribution >= 0.6 is 0 Å². The number of ether oxygens (including phenoxy) is 2. The van der Waals surface area contributed by atoms with E-state index in [1.807, 2.05) is 0 Å². The average molecular weight is 293 g/mol. The van der Waals surface area contributed by atoms with Gasteiger partial charge in [-0.2, -0.15) is 0 Å². The molecule has 4 heteroatoms. The third-order valence-electron chi connectivity index (χ3n) is 6.43. The highest BCUT2D eigenvalue weighted by Crippen LogP contribution is 2.60. The molecule has 3 heterocycles. The standard InChI is InChI=1S/C17H27NO3/c19-15(14-12-16(14)2-6-18-7-3-16)13-1-8-21-17(11-13)4-9-20-10-5-17/h13-14,18H,1-12H2. The van der Waals surface area contributed by atoms with E-state index >= 15 is 0 Å². The highest BCUT2D eigenvalue weighted by molar-refractivity contribution is 5.87. The molecule has 0 aromatic heterocycles. The molecule has 1 aliphatic carbocycles. The van der Waals surface area contributed by atoms with Crippen molar-refractivity contribution < 1.29 is 14.3 Å². The molecule has 3 aliphatic heterocycles. The van der Waals surface area contributed by atoms with Gasteiger partial charge in [-0.3, -0.25) is 4.79 Å². The van der Waals surface area contributed by atoms with Crippen LogP contribution in [0.4, 0.5) is 0 Å². The van der Waals surface area contributed by atoms with E-state index in [4.69, 9.17) is 9.47 Å². The van der Waals surface area contributed by atoms with E-state index in [0.717, 1.165) is 65.0 Å². The molecule has 2 spiro atoms. The molecular weight excluding hydrogens is 266 g/mol. The zero-order chi connectivity index (χ0) is 14.3. The fourth-order valence-electron chi connectivity index (χ4n) is 4.87. The molecule has 0 bridgehead atoms. The van der Waals surface area contributed by atoms with E-state index < -0.39 is 0 Å². The van der Waals surface area contributed by atoms with Gasteiger partial charge in [0.25, 0.3) is 0 Å². The molecule has 21 heavy (non-hydrogen) atoms. The molecule has 2 atom stereocenters. The van der Waals surface area contributed by atoms with Crippen LogP contribution < -0.4 is 5.32 Å². The summed E-state index contributed by atoms with van der Waals surface area (Å²) >= 11 is 0. The van der Waals surface area contributed by atoms with Crippen molar-refractivity contribution >= 4 is 5.78 Å². The van der Waals surface area contributed by atoms with Gasteiger partial charge in [-0.1, -0.05) is 0 Å². The largest absolute Gasteiger partial charge is 0.381 e. The molecule has 4 rings (SSSR count). The van der Waals surface area contributed by atoms with Crippen LogP contribution in [0.15, 0.2) is 0 Å². The first-order chi connectivity index (χ1) is 10.2. The summed E-state index contributed by atoms with van der Waals surface area (Å²) in [7, 11) is 0. The lowest BCUT2D eigenvalue weighted by Crippen LogP contribution is -2.46. The van der Waals surface area contributed by atoms with Crippen molar-refractivity contribution in [2.75, 3.05) is 32.9 Å². The summed E-state index contributed by atoms with van der Waals surface area (Å²) in [6.45, 7) is 4.54. The second-order valence-electron chi connectivity index (χ2n) is 7.61. The van der Waals surface area contributed by atoms with Gasteiger partial charge in [-0.25, -0.2) is 0 Å². The smallest absolute Gasteiger partial charge is 0.139 e. The molecule has 4 nitrogen and oxygen atoms in total. The molecule has 0 amide bonds. The zero-order valence-electron chi connectivity index (χ0n) is 12.9. The Bertz CT molecular complexity index is 405. The Kier molecular flexibility index (Phi) is 3.59. The van der Waals surface area contributed by atoms with Crippen molar-refractivity contribution in [3.8, 4) is 0 Å². The van der Waals surface area contributed by atoms with Crippen LogP contribution in [0.1, 0.15) is 44.9 Å². The molecule has 0 aromatic rings. The van der Waals surface area contributed by atoms with Gasteiger partial charge < -0.3 is 14.8 Å². The van der Waals surface area contributed by atoms with Crippen molar-refractivity contribution in [1.82, 2.24) is 5.32 Å². The lowest BCUT2D eigenvalue weighted by atomic mass is 9.77. The Morgan fingerprint density at radius 2 is 1.76 bits per heavy atom. The minimum Gasteiger partial charge on any atom is -0.381 e. The monoisotopic (exact) mass is 293 g/mol. The first-order valence-corrected chi connectivity index (χ1v) is 8.69. The van der Waals surface area contributed by atoms with Crippen LogP contribution in [0.2, 0.25) is 0 Å². The Morgan fingerprint density at radius 1 is 1.00 bits per heavy atom. The lowest BCUT2D eigenvalue weighted by Gasteiger charge is -2.43. The highest BCUT2D eigenvalue weighted by atomic mass is 16.5. The average Bonchev–Trinajstić information content (AvgIpc) is 3.21. The predicted molar refractivity (Wildman–Crippen MR) is 79.1 cm³/mol. The van der Waals surface area contributed by atoms with Gasteiger partial charge in [-0.05, 0) is 63.5 Å². The van der Waals surface area contributed by atoms with Gasteiger partial charge in [-0.15, -0.1) is 0 Å². The molecule has 4 aliphatic rings. The second-order valence-corrected chi connectivity index (χ2v) is 7.61. The first-order valence-electron chi connectivity index (χ1n) is 8.69. The van der Waals surface area contributed by atoms with Crippen LogP contribution in [0.3, 0.4) is 0 Å². The summed E-state index contributed by atoms with van der Waals surface area (Å²) in [6, 6.07) is 0. The summed E-state index contributed by atoms with van der Waals surface area (Å²) in [4.78, 5) is 13.0. The molecule has 1 saturated carbocycles. The zero-order valence-corrected chi connectivity index (χ0v) is 12.9. The van der Waals surface area contributed by atoms with E-state index in [1.165, 1.54) is 12.8 Å². The van der Waals surface area contributed by atoms with E-state index in [2.05, 4.69) is 5.32 Å². The third-order valence-corrected chi connectivity index (χ3v) is 6.43. The van der Waals surface area contributed by atoms with E-state index in [0.29, 0.717) is 17.1 Å². The summed E-state index contributed by atoms with van der Waals surface area (Å²) in [5.74, 6) is 1.17. The number of hydrogen-bond donors (Lipinski definition) is 1. The van der Waals surface area contributed by atoms with Crippen LogP contribution in [0, 0.1) is 17.3 Å². The number of hydrogen-bond acceptors (Lipinski definition) is 4. The molecule has 1 N–H and O–H groups in total. The van der Waals surface area contributed by atoms with Crippen LogP contribution in [-0.2, 0) is 14.3 Å². The fraction of sp³-hybridized carbons (Fsp3) is 0.941. The third kappa shape index (κ3) is 2.55. The highest BCUT2D eigenvalue weighted by Gasteiger charge is 2.59. The normalized spacial score (nSPS) is 37.5. The predicted octanol–water partition coefficient (Wildman–Crippen LogP) is 1.92.